The number of aromatic nitrogens is 3. The predicted octanol–water partition coefficient (Wildman–Crippen LogP) is 3.07. The molecule has 0 aliphatic rings. The molecule has 2 aromatic rings. The van der Waals surface area contributed by atoms with Gasteiger partial charge in [0.25, 0.3) is 0 Å². The monoisotopic (exact) mass is 284 g/mol. The Morgan fingerprint density at radius 1 is 1.33 bits per heavy atom. The van der Waals surface area contributed by atoms with Crippen molar-refractivity contribution < 1.29 is 0 Å². The van der Waals surface area contributed by atoms with Gasteiger partial charge in [-0.3, -0.25) is 0 Å². The lowest BCUT2D eigenvalue weighted by Gasteiger charge is -2.08. The Morgan fingerprint density at radius 2 is 2.17 bits per heavy atom. The van der Waals surface area contributed by atoms with E-state index < -0.39 is 0 Å². The summed E-state index contributed by atoms with van der Waals surface area (Å²) in [7, 11) is 0. The highest BCUT2D eigenvalue weighted by atomic mass is 35.5. The molecule has 2 rings (SSSR count). The first kappa shape index (κ1) is 13.3. The summed E-state index contributed by atoms with van der Waals surface area (Å²) in [6, 6.07) is 5.32. The van der Waals surface area contributed by atoms with E-state index in [1.165, 1.54) is 0 Å². The molecule has 0 spiro atoms. The van der Waals surface area contributed by atoms with Gasteiger partial charge in [-0.1, -0.05) is 35.3 Å². The molecule has 4 nitrogen and oxygen atoms in total. The van der Waals surface area contributed by atoms with Gasteiger partial charge in [-0.25, -0.2) is 4.68 Å². The summed E-state index contributed by atoms with van der Waals surface area (Å²) in [4.78, 5) is 0. The fourth-order valence-corrected chi connectivity index (χ4v) is 2.11. The molecule has 1 N–H and O–H groups in total. The molecule has 0 aliphatic carbocycles. The van der Waals surface area contributed by atoms with E-state index in [0.717, 1.165) is 24.3 Å². The lowest BCUT2D eigenvalue weighted by atomic mass is 10.3. The zero-order valence-corrected chi connectivity index (χ0v) is 11.5. The average molecular weight is 285 g/mol. The number of hydrogen-bond acceptors (Lipinski definition) is 3. The van der Waals surface area contributed by atoms with Crippen molar-refractivity contribution in [1.82, 2.24) is 20.3 Å². The number of rotatable bonds is 5. The average Bonchev–Trinajstić information content (AvgIpc) is 2.78. The van der Waals surface area contributed by atoms with Crippen LogP contribution in [0.4, 0.5) is 0 Å². The van der Waals surface area contributed by atoms with Crippen LogP contribution in [0.25, 0.3) is 5.69 Å². The molecule has 1 aromatic carbocycles. The van der Waals surface area contributed by atoms with Gasteiger partial charge in [-0.2, -0.15) is 0 Å². The molecule has 0 saturated heterocycles. The molecule has 0 amide bonds. The van der Waals surface area contributed by atoms with Crippen LogP contribution in [0.2, 0.25) is 10.0 Å². The first-order valence-corrected chi connectivity index (χ1v) is 6.53. The van der Waals surface area contributed by atoms with Crippen molar-refractivity contribution in [3.8, 4) is 5.69 Å². The van der Waals surface area contributed by atoms with Crippen LogP contribution in [0.5, 0.6) is 0 Å². The fourth-order valence-electron chi connectivity index (χ4n) is 1.63. The first-order valence-electron chi connectivity index (χ1n) is 5.78. The summed E-state index contributed by atoms with van der Waals surface area (Å²) >= 11 is 12.0. The molecule has 0 aliphatic heterocycles. The van der Waals surface area contributed by atoms with Gasteiger partial charge in [-0.15, -0.1) is 5.10 Å². The maximum atomic E-state index is 6.16. The molecule has 0 bridgehead atoms. The highest BCUT2D eigenvalue weighted by Gasteiger charge is 2.09. The van der Waals surface area contributed by atoms with Crippen molar-refractivity contribution in [3.05, 3.63) is 40.1 Å². The van der Waals surface area contributed by atoms with E-state index in [0.29, 0.717) is 16.6 Å². The molecule has 0 unspecified atom stereocenters. The molecule has 6 heteroatoms. The SMILES string of the molecule is CCCNCc1cnnn1-c1ccc(Cl)cc1Cl. The Morgan fingerprint density at radius 3 is 2.89 bits per heavy atom. The Bertz CT molecular complexity index is 525. The van der Waals surface area contributed by atoms with Crippen LogP contribution in [-0.2, 0) is 6.54 Å². The smallest absolute Gasteiger partial charge is 0.0854 e. The third-order valence-electron chi connectivity index (χ3n) is 2.49. The van der Waals surface area contributed by atoms with Crippen LogP contribution in [0, 0.1) is 0 Å². The van der Waals surface area contributed by atoms with Gasteiger partial charge in [0.2, 0.25) is 0 Å². The molecule has 0 atom stereocenters. The topological polar surface area (TPSA) is 42.7 Å². The minimum Gasteiger partial charge on any atom is -0.311 e. The Balaban J connectivity index is 2.25. The summed E-state index contributed by atoms with van der Waals surface area (Å²) in [5.74, 6) is 0. The second-order valence-electron chi connectivity index (χ2n) is 3.91. The van der Waals surface area contributed by atoms with Crippen LogP contribution in [-0.4, -0.2) is 21.5 Å². The highest BCUT2D eigenvalue weighted by Crippen LogP contribution is 2.24. The summed E-state index contributed by atoms with van der Waals surface area (Å²) in [6.07, 6.45) is 2.82. The molecule has 18 heavy (non-hydrogen) atoms. The molecule has 0 saturated carbocycles. The molecule has 0 radical (unpaired) electrons. The summed E-state index contributed by atoms with van der Waals surface area (Å²) in [6.45, 7) is 3.79. The van der Waals surface area contributed by atoms with Gasteiger partial charge < -0.3 is 5.32 Å². The second-order valence-corrected chi connectivity index (χ2v) is 4.75. The minimum absolute atomic E-state index is 0.560. The normalized spacial score (nSPS) is 10.8. The lowest BCUT2D eigenvalue weighted by Crippen LogP contribution is -2.16. The van der Waals surface area contributed by atoms with E-state index in [1.807, 2.05) is 6.07 Å². The van der Waals surface area contributed by atoms with Crippen LogP contribution in [0.15, 0.2) is 24.4 Å². The number of halogens is 2. The van der Waals surface area contributed by atoms with E-state index in [-0.39, 0.29) is 0 Å². The van der Waals surface area contributed by atoms with Crippen LogP contribution in [0.3, 0.4) is 0 Å². The van der Waals surface area contributed by atoms with Crippen molar-refractivity contribution in [1.29, 1.82) is 0 Å². The van der Waals surface area contributed by atoms with Gasteiger partial charge in [0.15, 0.2) is 0 Å². The number of nitrogens with zero attached hydrogens (tertiary/aromatic N) is 3. The molecule has 1 aromatic heterocycles. The fraction of sp³-hybridized carbons (Fsp3) is 0.333. The molecule has 0 fully saturated rings. The van der Waals surface area contributed by atoms with Crippen LogP contribution < -0.4 is 5.32 Å². The molecular formula is C12H14Cl2N4. The van der Waals surface area contributed by atoms with E-state index in [2.05, 4.69) is 22.6 Å². The maximum Gasteiger partial charge on any atom is 0.0854 e. The van der Waals surface area contributed by atoms with Crippen molar-refractivity contribution in [2.75, 3.05) is 6.54 Å². The number of benzene rings is 1. The zero-order chi connectivity index (χ0) is 13.0. The third kappa shape index (κ3) is 3.02. The zero-order valence-electron chi connectivity index (χ0n) is 10.0. The van der Waals surface area contributed by atoms with Crippen LogP contribution >= 0.6 is 23.2 Å². The van der Waals surface area contributed by atoms with E-state index >= 15 is 0 Å². The van der Waals surface area contributed by atoms with E-state index in [4.69, 9.17) is 23.2 Å². The predicted molar refractivity (Wildman–Crippen MR) is 73.4 cm³/mol. The van der Waals surface area contributed by atoms with E-state index in [9.17, 15) is 0 Å². The largest absolute Gasteiger partial charge is 0.311 e. The van der Waals surface area contributed by atoms with Crippen LogP contribution in [0.1, 0.15) is 19.0 Å². The van der Waals surface area contributed by atoms with Gasteiger partial charge in [0.05, 0.1) is 22.6 Å². The number of hydrogen-bond donors (Lipinski definition) is 1. The van der Waals surface area contributed by atoms with E-state index in [1.54, 1.807) is 23.0 Å². The van der Waals surface area contributed by atoms with Gasteiger partial charge >= 0.3 is 0 Å². The quantitative estimate of drug-likeness (QED) is 0.858. The highest BCUT2D eigenvalue weighted by molar-refractivity contribution is 6.35. The van der Waals surface area contributed by atoms with Gasteiger partial charge in [0.1, 0.15) is 0 Å². The maximum absolute atomic E-state index is 6.16. The lowest BCUT2D eigenvalue weighted by molar-refractivity contribution is 0.641. The minimum atomic E-state index is 0.560. The standard InChI is InChI=1S/C12H14Cl2N4/c1-2-5-15-7-10-8-16-17-18(10)12-4-3-9(13)6-11(12)14/h3-4,6,8,15H,2,5,7H2,1H3. The van der Waals surface area contributed by atoms with Gasteiger partial charge in [0, 0.05) is 11.6 Å². The van der Waals surface area contributed by atoms with Crippen molar-refractivity contribution in [3.63, 3.8) is 0 Å². The van der Waals surface area contributed by atoms with Crippen molar-refractivity contribution in [2.45, 2.75) is 19.9 Å². The van der Waals surface area contributed by atoms with Gasteiger partial charge in [-0.05, 0) is 31.2 Å². The van der Waals surface area contributed by atoms with Crippen molar-refractivity contribution >= 4 is 23.2 Å². The summed E-state index contributed by atoms with van der Waals surface area (Å²) in [5, 5.41) is 12.5. The van der Waals surface area contributed by atoms with Crippen molar-refractivity contribution in [2.24, 2.45) is 0 Å². The Hall–Kier alpha value is -1.10. The first-order chi connectivity index (χ1) is 8.72. The number of nitrogens with one attached hydrogen (secondary N) is 1. The Labute approximate surface area is 116 Å². The molecule has 96 valence electrons. The third-order valence-corrected chi connectivity index (χ3v) is 3.03. The second kappa shape index (κ2) is 6.18. The molecular weight excluding hydrogens is 271 g/mol. The summed E-state index contributed by atoms with van der Waals surface area (Å²) in [5.41, 5.74) is 1.75. The molecule has 1 heterocycles. The summed E-state index contributed by atoms with van der Waals surface area (Å²) < 4.78 is 1.72. The Kier molecular flexibility index (Phi) is 4.58.